The van der Waals surface area contributed by atoms with E-state index in [9.17, 15) is 4.79 Å². The predicted molar refractivity (Wildman–Crippen MR) is 66.0 cm³/mol. The molecule has 17 heavy (non-hydrogen) atoms. The van der Waals surface area contributed by atoms with Gasteiger partial charge in [0.25, 0.3) is 0 Å². The summed E-state index contributed by atoms with van der Waals surface area (Å²) in [6.07, 6.45) is 4.81. The molecule has 1 spiro atoms. The van der Waals surface area contributed by atoms with Crippen LogP contribution in [0.2, 0.25) is 0 Å². The first kappa shape index (κ1) is 11.8. The van der Waals surface area contributed by atoms with E-state index in [2.05, 4.69) is 0 Å². The van der Waals surface area contributed by atoms with Crippen molar-refractivity contribution in [2.24, 2.45) is 11.3 Å². The van der Waals surface area contributed by atoms with Crippen LogP contribution in [0.4, 0.5) is 0 Å². The van der Waals surface area contributed by atoms with E-state index >= 15 is 0 Å². The van der Waals surface area contributed by atoms with Crippen LogP contribution in [0, 0.1) is 11.3 Å². The summed E-state index contributed by atoms with van der Waals surface area (Å²) in [5.74, 6) is 0.863. The number of nitrogens with zero attached hydrogens (tertiary/aromatic N) is 1. The number of likely N-dealkylation sites (tertiary alicyclic amines) is 1. The van der Waals surface area contributed by atoms with Gasteiger partial charge in [-0.15, -0.1) is 11.6 Å². The van der Waals surface area contributed by atoms with Crippen molar-refractivity contribution >= 4 is 17.5 Å². The van der Waals surface area contributed by atoms with Gasteiger partial charge in [0.1, 0.15) is 5.38 Å². The van der Waals surface area contributed by atoms with Gasteiger partial charge in [0.05, 0.1) is 0 Å². The third-order valence-corrected chi connectivity index (χ3v) is 4.82. The first-order valence-corrected chi connectivity index (χ1v) is 7.10. The Morgan fingerprint density at radius 1 is 1.41 bits per heavy atom. The SMILES string of the molecule is CC(Cl)C(=O)N1CC2(CCOCC2)C1C1CC1. The lowest BCUT2D eigenvalue weighted by atomic mass is 9.64. The number of hydrogen-bond donors (Lipinski definition) is 0. The van der Waals surface area contributed by atoms with Crippen molar-refractivity contribution in [1.29, 1.82) is 0 Å². The van der Waals surface area contributed by atoms with Crippen LogP contribution in [0.5, 0.6) is 0 Å². The number of hydrogen-bond acceptors (Lipinski definition) is 2. The van der Waals surface area contributed by atoms with Crippen LogP contribution in [0.25, 0.3) is 0 Å². The Balaban J connectivity index is 1.75. The monoisotopic (exact) mass is 257 g/mol. The molecule has 3 aliphatic rings. The zero-order chi connectivity index (χ0) is 12.0. The van der Waals surface area contributed by atoms with E-state index in [0.717, 1.165) is 38.5 Å². The maximum absolute atomic E-state index is 12.1. The number of rotatable bonds is 2. The molecule has 3 fully saturated rings. The molecule has 2 unspecified atom stereocenters. The minimum atomic E-state index is -0.381. The molecule has 0 bridgehead atoms. The Hall–Kier alpha value is -0.280. The van der Waals surface area contributed by atoms with Crippen molar-refractivity contribution in [2.75, 3.05) is 19.8 Å². The molecule has 96 valence electrons. The molecule has 0 N–H and O–H groups in total. The van der Waals surface area contributed by atoms with Crippen molar-refractivity contribution in [1.82, 2.24) is 4.90 Å². The summed E-state index contributed by atoms with van der Waals surface area (Å²) in [6.45, 7) is 4.42. The lowest BCUT2D eigenvalue weighted by molar-refractivity contribution is -0.170. The second kappa shape index (κ2) is 4.13. The zero-order valence-corrected chi connectivity index (χ0v) is 11.1. The molecule has 4 heteroatoms. The van der Waals surface area contributed by atoms with E-state index in [4.69, 9.17) is 16.3 Å². The second-order valence-electron chi connectivity index (χ2n) is 5.84. The fourth-order valence-corrected chi connectivity index (χ4v) is 3.72. The summed E-state index contributed by atoms with van der Waals surface area (Å²) in [5, 5.41) is -0.381. The molecule has 1 amide bonds. The molecule has 0 radical (unpaired) electrons. The molecule has 2 saturated heterocycles. The predicted octanol–water partition coefficient (Wildman–Crippen LogP) is 2.03. The number of amides is 1. The maximum atomic E-state index is 12.1. The van der Waals surface area contributed by atoms with Gasteiger partial charge in [-0.25, -0.2) is 0 Å². The quantitative estimate of drug-likeness (QED) is 0.709. The fourth-order valence-electron chi connectivity index (χ4n) is 3.59. The Kier molecular flexibility index (Phi) is 2.86. The molecule has 2 heterocycles. The largest absolute Gasteiger partial charge is 0.381 e. The summed E-state index contributed by atoms with van der Waals surface area (Å²) < 4.78 is 5.46. The van der Waals surface area contributed by atoms with Gasteiger partial charge >= 0.3 is 0 Å². The average Bonchev–Trinajstić information content (AvgIpc) is 3.10. The Morgan fingerprint density at radius 3 is 2.59 bits per heavy atom. The molecule has 1 aliphatic carbocycles. The van der Waals surface area contributed by atoms with Gasteiger partial charge in [-0.05, 0) is 38.5 Å². The van der Waals surface area contributed by atoms with Crippen LogP contribution in [-0.4, -0.2) is 42.0 Å². The molecule has 3 rings (SSSR count). The lowest BCUT2D eigenvalue weighted by Gasteiger charge is -2.60. The third-order valence-electron chi connectivity index (χ3n) is 4.63. The number of ether oxygens (including phenoxy) is 1. The highest BCUT2D eigenvalue weighted by Gasteiger charge is 2.59. The standard InChI is InChI=1S/C13H20ClNO2/c1-9(14)12(16)15-8-13(4-6-17-7-5-13)11(15)10-2-3-10/h9-11H,2-8H2,1H3. The van der Waals surface area contributed by atoms with E-state index in [1.165, 1.54) is 12.8 Å². The molecular weight excluding hydrogens is 238 g/mol. The smallest absolute Gasteiger partial charge is 0.240 e. The zero-order valence-electron chi connectivity index (χ0n) is 10.3. The molecule has 0 aromatic rings. The van der Waals surface area contributed by atoms with Crippen LogP contribution in [0.1, 0.15) is 32.6 Å². The first-order chi connectivity index (χ1) is 8.14. The summed E-state index contributed by atoms with van der Waals surface area (Å²) in [6, 6.07) is 0.458. The molecule has 2 aliphatic heterocycles. The summed E-state index contributed by atoms with van der Waals surface area (Å²) >= 11 is 5.94. The van der Waals surface area contributed by atoms with E-state index in [-0.39, 0.29) is 11.3 Å². The average molecular weight is 258 g/mol. The maximum Gasteiger partial charge on any atom is 0.240 e. The van der Waals surface area contributed by atoms with Crippen molar-refractivity contribution in [2.45, 2.75) is 44.0 Å². The van der Waals surface area contributed by atoms with Gasteiger partial charge in [-0.3, -0.25) is 4.79 Å². The number of carbonyl (C=O) groups is 1. The third kappa shape index (κ3) is 1.88. The van der Waals surface area contributed by atoms with Gasteiger partial charge in [-0.1, -0.05) is 0 Å². The van der Waals surface area contributed by atoms with E-state index < -0.39 is 0 Å². The van der Waals surface area contributed by atoms with Gasteiger partial charge < -0.3 is 9.64 Å². The van der Waals surface area contributed by atoms with Crippen molar-refractivity contribution < 1.29 is 9.53 Å². The van der Waals surface area contributed by atoms with E-state index in [1.807, 2.05) is 4.90 Å². The van der Waals surface area contributed by atoms with Gasteiger partial charge in [0, 0.05) is 31.2 Å². The van der Waals surface area contributed by atoms with Crippen LogP contribution >= 0.6 is 11.6 Å². The van der Waals surface area contributed by atoms with E-state index in [0.29, 0.717) is 11.5 Å². The van der Waals surface area contributed by atoms with E-state index in [1.54, 1.807) is 6.92 Å². The molecule has 3 nitrogen and oxygen atoms in total. The normalized spacial score (nSPS) is 33.3. The Morgan fingerprint density at radius 2 is 2.06 bits per heavy atom. The van der Waals surface area contributed by atoms with Gasteiger partial charge in [0.15, 0.2) is 0 Å². The summed E-state index contributed by atoms with van der Waals surface area (Å²) in [5.41, 5.74) is 0.362. The summed E-state index contributed by atoms with van der Waals surface area (Å²) in [4.78, 5) is 14.1. The first-order valence-electron chi connectivity index (χ1n) is 6.66. The van der Waals surface area contributed by atoms with Crippen LogP contribution < -0.4 is 0 Å². The lowest BCUT2D eigenvalue weighted by Crippen LogP contribution is -2.69. The minimum absolute atomic E-state index is 0.126. The highest BCUT2D eigenvalue weighted by Crippen LogP contribution is 2.55. The second-order valence-corrected chi connectivity index (χ2v) is 6.49. The molecule has 2 atom stereocenters. The van der Waals surface area contributed by atoms with Crippen molar-refractivity contribution in [3.8, 4) is 0 Å². The highest BCUT2D eigenvalue weighted by atomic mass is 35.5. The van der Waals surface area contributed by atoms with Gasteiger partial charge in [0.2, 0.25) is 5.91 Å². The highest BCUT2D eigenvalue weighted by molar-refractivity contribution is 6.30. The summed E-state index contributed by atoms with van der Waals surface area (Å²) in [7, 11) is 0. The number of halogens is 1. The van der Waals surface area contributed by atoms with Gasteiger partial charge in [-0.2, -0.15) is 0 Å². The molecule has 1 saturated carbocycles. The molecule has 0 aromatic carbocycles. The van der Waals surface area contributed by atoms with Crippen molar-refractivity contribution in [3.05, 3.63) is 0 Å². The molecular formula is C13H20ClNO2. The van der Waals surface area contributed by atoms with Crippen molar-refractivity contribution in [3.63, 3.8) is 0 Å². The van der Waals surface area contributed by atoms with Crippen LogP contribution in [0.3, 0.4) is 0 Å². The Labute approximate surface area is 107 Å². The Bertz CT molecular complexity index is 321. The minimum Gasteiger partial charge on any atom is -0.381 e. The van der Waals surface area contributed by atoms with Crippen LogP contribution in [0.15, 0.2) is 0 Å². The number of alkyl halides is 1. The van der Waals surface area contributed by atoms with Crippen LogP contribution in [-0.2, 0) is 9.53 Å². The topological polar surface area (TPSA) is 29.5 Å². The fraction of sp³-hybridized carbons (Fsp3) is 0.923. The number of carbonyl (C=O) groups excluding carboxylic acids is 1. The molecule has 0 aromatic heterocycles.